The first kappa shape index (κ1) is 21.0. The summed E-state index contributed by atoms with van der Waals surface area (Å²) in [6.07, 6.45) is 5.15. The molecular weight excluding hydrogens is 396 g/mol. The molecule has 164 valence electrons. The number of hydrogen-bond donors (Lipinski definition) is 2. The molecule has 1 saturated heterocycles. The zero-order valence-corrected chi connectivity index (χ0v) is 18.5. The van der Waals surface area contributed by atoms with Crippen molar-refractivity contribution >= 4 is 23.3 Å². The molecule has 1 fully saturated rings. The summed E-state index contributed by atoms with van der Waals surface area (Å²) in [7, 11) is 0. The van der Waals surface area contributed by atoms with Crippen molar-refractivity contribution in [1.82, 2.24) is 29.7 Å². The molecule has 3 aromatic heterocycles. The molecule has 0 saturated carbocycles. The molecule has 2 atom stereocenters. The first-order valence-corrected chi connectivity index (χ1v) is 10.5. The third-order valence-electron chi connectivity index (χ3n) is 5.26. The van der Waals surface area contributed by atoms with Gasteiger partial charge in [-0.1, -0.05) is 0 Å². The van der Waals surface area contributed by atoms with Crippen LogP contribution in [0.15, 0.2) is 18.6 Å². The predicted molar refractivity (Wildman–Crippen MR) is 118 cm³/mol. The van der Waals surface area contributed by atoms with Crippen LogP contribution in [0.4, 0.5) is 11.8 Å². The van der Waals surface area contributed by atoms with E-state index < -0.39 is 0 Å². The topological polar surface area (TPSA) is 110 Å². The molecule has 1 aliphatic rings. The van der Waals surface area contributed by atoms with Crippen LogP contribution in [0.5, 0.6) is 5.88 Å². The molecule has 4 heterocycles. The van der Waals surface area contributed by atoms with Crippen molar-refractivity contribution in [2.24, 2.45) is 0 Å². The molecule has 2 N–H and O–H groups in total. The Morgan fingerprint density at radius 1 is 1.26 bits per heavy atom. The van der Waals surface area contributed by atoms with Crippen LogP contribution in [0.1, 0.15) is 42.5 Å². The molecule has 1 amide bonds. The van der Waals surface area contributed by atoms with E-state index >= 15 is 0 Å². The molecule has 0 radical (unpaired) electrons. The zero-order chi connectivity index (χ0) is 22.1. The van der Waals surface area contributed by atoms with Crippen molar-refractivity contribution in [3.05, 3.63) is 35.5 Å². The fourth-order valence-electron chi connectivity index (χ4n) is 3.72. The molecule has 0 bridgehead atoms. The molecule has 0 spiro atoms. The lowest BCUT2D eigenvalue weighted by Gasteiger charge is -2.37. The monoisotopic (exact) mass is 424 g/mol. The molecule has 2 unspecified atom stereocenters. The number of ether oxygens (including phenoxy) is 1. The van der Waals surface area contributed by atoms with Crippen LogP contribution in [0.3, 0.4) is 0 Å². The second-order valence-electron chi connectivity index (χ2n) is 7.91. The Balaban J connectivity index is 1.61. The summed E-state index contributed by atoms with van der Waals surface area (Å²) in [6, 6.07) is 0.567. The Morgan fingerprint density at radius 2 is 2.06 bits per heavy atom. The van der Waals surface area contributed by atoms with Crippen LogP contribution in [-0.4, -0.2) is 62.0 Å². The van der Waals surface area contributed by atoms with Gasteiger partial charge in [0.25, 0.3) is 5.91 Å². The van der Waals surface area contributed by atoms with E-state index in [9.17, 15) is 4.79 Å². The number of aryl methyl sites for hydroxylation is 2. The summed E-state index contributed by atoms with van der Waals surface area (Å²) in [4.78, 5) is 33.1. The molecule has 1 aliphatic heterocycles. The van der Waals surface area contributed by atoms with Crippen molar-refractivity contribution in [3.63, 3.8) is 0 Å². The van der Waals surface area contributed by atoms with Crippen molar-refractivity contribution in [2.75, 3.05) is 29.9 Å². The number of piperazine rings is 1. The quantitative estimate of drug-likeness (QED) is 0.640. The molecule has 0 aliphatic carbocycles. The molecule has 10 heteroatoms. The summed E-state index contributed by atoms with van der Waals surface area (Å²) < 4.78 is 7.55. The highest BCUT2D eigenvalue weighted by Crippen LogP contribution is 2.23. The summed E-state index contributed by atoms with van der Waals surface area (Å²) in [6.45, 7) is 11.9. The number of fused-ring (bicyclic) bond motifs is 1. The first-order chi connectivity index (χ1) is 14.9. The molecular formula is C21H28N8O2. The number of aromatic nitrogens is 5. The summed E-state index contributed by atoms with van der Waals surface area (Å²) in [5.41, 5.74) is 2.64. The van der Waals surface area contributed by atoms with Crippen LogP contribution in [0.25, 0.3) is 5.65 Å². The van der Waals surface area contributed by atoms with Gasteiger partial charge in [0.05, 0.1) is 24.2 Å². The van der Waals surface area contributed by atoms with Gasteiger partial charge in [-0.05, 0) is 34.6 Å². The highest BCUT2D eigenvalue weighted by atomic mass is 16.5. The highest BCUT2D eigenvalue weighted by Gasteiger charge is 2.26. The lowest BCUT2D eigenvalue weighted by atomic mass is 10.1. The standard InChI is InChI=1S/C21H28N8O2/c1-6-31-20-16(8-23-21(27-20)29-10-12(2)22-7-14(29)4)19(30)26-17-11-28-9-13(3)24-18(28)15(5)25-17/h8-9,11-12,14,22H,6-7,10H2,1-5H3,(H,26,30). The van der Waals surface area contributed by atoms with E-state index in [1.165, 1.54) is 6.20 Å². The molecule has 3 aromatic rings. The summed E-state index contributed by atoms with van der Waals surface area (Å²) in [5, 5.41) is 6.27. The molecule has 0 aromatic carbocycles. The maximum atomic E-state index is 13.0. The number of nitrogens with zero attached hydrogens (tertiary/aromatic N) is 6. The summed E-state index contributed by atoms with van der Waals surface area (Å²) in [5.74, 6) is 0.869. The second-order valence-corrected chi connectivity index (χ2v) is 7.91. The summed E-state index contributed by atoms with van der Waals surface area (Å²) >= 11 is 0. The van der Waals surface area contributed by atoms with Gasteiger partial charge in [-0.15, -0.1) is 0 Å². The minimum atomic E-state index is -0.375. The van der Waals surface area contributed by atoms with Gasteiger partial charge < -0.3 is 24.7 Å². The Kier molecular flexibility index (Phi) is 5.73. The van der Waals surface area contributed by atoms with Gasteiger partial charge >= 0.3 is 0 Å². The van der Waals surface area contributed by atoms with E-state index in [1.807, 2.05) is 31.4 Å². The number of anilines is 2. The number of carbonyl (C=O) groups excluding carboxylic acids is 1. The molecule has 4 rings (SSSR count). The van der Waals surface area contributed by atoms with Crippen molar-refractivity contribution in [1.29, 1.82) is 0 Å². The fourth-order valence-corrected chi connectivity index (χ4v) is 3.72. The van der Waals surface area contributed by atoms with Gasteiger partial charge in [0.2, 0.25) is 11.8 Å². The van der Waals surface area contributed by atoms with Gasteiger partial charge in [0.1, 0.15) is 11.4 Å². The van der Waals surface area contributed by atoms with E-state index in [0.29, 0.717) is 24.4 Å². The van der Waals surface area contributed by atoms with Gasteiger partial charge in [-0.2, -0.15) is 4.98 Å². The van der Waals surface area contributed by atoms with E-state index in [2.05, 4.69) is 49.3 Å². The lowest BCUT2D eigenvalue weighted by Crippen LogP contribution is -2.55. The Hall–Kier alpha value is -3.27. The molecule has 31 heavy (non-hydrogen) atoms. The number of nitrogens with one attached hydrogen (secondary N) is 2. The van der Waals surface area contributed by atoms with Gasteiger partial charge in [-0.25, -0.2) is 15.0 Å². The number of rotatable bonds is 5. The molecule has 10 nitrogen and oxygen atoms in total. The van der Waals surface area contributed by atoms with Crippen LogP contribution >= 0.6 is 0 Å². The Bertz CT molecular complexity index is 1110. The van der Waals surface area contributed by atoms with Crippen molar-refractivity contribution in [3.8, 4) is 5.88 Å². The smallest absolute Gasteiger partial charge is 0.263 e. The second kappa shape index (κ2) is 8.46. The third kappa shape index (κ3) is 4.29. The minimum Gasteiger partial charge on any atom is -0.477 e. The third-order valence-corrected chi connectivity index (χ3v) is 5.26. The average Bonchev–Trinajstić information content (AvgIpc) is 3.11. The number of amides is 1. The normalized spacial score (nSPS) is 18.9. The Labute approximate surface area is 181 Å². The highest BCUT2D eigenvalue weighted by molar-refractivity contribution is 6.05. The van der Waals surface area contributed by atoms with E-state index in [0.717, 1.165) is 30.1 Å². The maximum absolute atomic E-state index is 13.0. The van der Waals surface area contributed by atoms with E-state index in [4.69, 9.17) is 4.74 Å². The predicted octanol–water partition coefficient (Wildman–Crippen LogP) is 1.97. The van der Waals surface area contributed by atoms with Crippen LogP contribution in [0.2, 0.25) is 0 Å². The SMILES string of the molecule is CCOc1nc(N2CC(C)NCC2C)ncc1C(=O)Nc1cn2cc(C)nc2c(C)n1. The average molecular weight is 425 g/mol. The first-order valence-electron chi connectivity index (χ1n) is 10.5. The lowest BCUT2D eigenvalue weighted by molar-refractivity contribution is 0.102. The van der Waals surface area contributed by atoms with Crippen LogP contribution in [-0.2, 0) is 0 Å². The number of imidazole rings is 1. The van der Waals surface area contributed by atoms with Crippen molar-refractivity contribution in [2.45, 2.75) is 46.7 Å². The van der Waals surface area contributed by atoms with Crippen molar-refractivity contribution < 1.29 is 9.53 Å². The van der Waals surface area contributed by atoms with Crippen LogP contribution in [0, 0.1) is 13.8 Å². The van der Waals surface area contributed by atoms with Crippen LogP contribution < -0.4 is 20.3 Å². The van der Waals surface area contributed by atoms with Gasteiger partial charge in [-0.3, -0.25) is 4.79 Å². The van der Waals surface area contributed by atoms with E-state index in [-0.39, 0.29) is 23.4 Å². The largest absolute Gasteiger partial charge is 0.477 e. The number of hydrogen-bond acceptors (Lipinski definition) is 8. The fraction of sp³-hybridized carbons (Fsp3) is 0.476. The van der Waals surface area contributed by atoms with Gasteiger partial charge in [0, 0.05) is 37.6 Å². The van der Waals surface area contributed by atoms with Gasteiger partial charge in [0.15, 0.2) is 5.65 Å². The minimum absolute atomic E-state index is 0.239. The Morgan fingerprint density at radius 3 is 2.84 bits per heavy atom. The number of carbonyl (C=O) groups is 1. The maximum Gasteiger partial charge on any atom is 0.263 e. The zero-order valence-electron chi connectivity index (χ0n) is 18.5. The van der Waals surface area contributed by atoms with E-state index in [1.54, 1.807) is 6.20 Å².